The summed E-state index contributed by atoms with van der Waals surface area (Å²) in [7, 11) is 0. The van der Waals surface area contributed by atoms with Gasteiger partial charge in [-0.1, -0.05) is 36.4 Å². The first-order valence-electron chi connectivity index (χ1n) is 6.77. The van der Waals surface area contributed by atoms with Crippen molar-refractivity contribution in [1.29, 1.82) is 0 Å². The molecule has 0 aliphatic rings. The molecule has 2 aromatic carbocycles. The molecule has 2 heteroatoms. The number of rotatable bonds is 5. The van der Waals surface area contributed by atoms with E-state index in [1.165, 1.54) is 16.7 Å². The monoisotopic (exact) mass is 255 g/mol. The molecule has 0 radical (unpaired) electrons. The minimum Gasteiger partial charge on any atom is -0.494 e. The van der Waals surface area contributed by atoms with Gasteiger partial charge in [-0.3, -0.25) is 0 Å². The van der Waals surface area contributed by atoms with Crippen LogP contribution >= 0.6 is 0 Å². The Morgan fingerprint density at radius 3 is 1.95 bits per heavy atom. The van der Waals surface area contributed by atoms with Gasteiger partial charge in [0.1, 0.15) is 5.75 Å². The van der Waals surface area contributed by atoms with Crippen LogP contribution in [0.25, 0.3) is 11.1 Å². The summed E-state index contributed by atoms with van der Waals surface area (Å²) in [6, 6.07) is 17.0. The zero-order valence-corrected chi connectivity index (χ0v) is 11.6. The molecule has 0 fully saturated rings. The summed E-state index contributed by atoms with van der Waals surface area (Å²) in [4.78, 5) is 0. The molecule has 0 amide bonds. The van der Waals surface area contributed by atoms with Crippen LogP contribution in [-0.2, 0) is 6.42 Å². The first-order chi connectivity index (χ1) is 9.19. The molecular formula is C17H21NO. The molecule has 0 spiro atoms. The van der Waals surface area contributed by atoms with Crippen molar-refractivity contribution in [2.75, 3.05) is 6.61 Å². The minimum atomic E-state index is 0.205. The van der Waals surface area contributed by atoms with Crippen LogP contribution in [0.3, 0.4) is 0 Å². The van der Waals surface area contributed by atoms with Crippen molar-refractivity contribution in [3.8, 4) is 16.9 Å². The van der Waals surface area contributed by atoms with Gasteiger partial charge in [-0.15, -0.1) is 0 Å². The van der Waals surface area contributed by atoms with E-state index < -0.39 is 0 Å². The Labute approximate surface area is 115 Å². The molecule has 2 nitrogen and oxygen atoms in total. The lowest BCUT2D eigenvalue weighted by molar-refractivity contribution is 0.340. The van der Waals surface area contributed by atoms with E-state index >= 15 is 0 Å². The van der Waals surface area contributed by atoms with Crippen molar-refractivity contribution in [2.45, 2.75) is 26.3 Å². The number of nitrogens with two attached hydrogens (primary N) is 1. The largest absolute Gasteiger partial charge is 0.494 e. The summed E-state index contributed by atoms with van der Waals surface area (Å²) in [5.74, 6) is 0.917. The van der Waals surface area contributed by atoms with E-state index in [-0.39, 0.29) is 6.04 Å². The predicted octanol–water partition coefficient (Wildman–Crippen LogP) is 3.64. The van der Waals surface area contributed by atoms with E-state index in [2.05, 4.69) is 36.4 Å². The fraction of sp³-hybridized carbons (Fsp3) is 0.294. The van der Waals surface area contributed by atoms with Gasteiger partial charge in [0.15, 0.2) is 0 Å². The minimum absolute atomic E-state index is 0.205. The van der Waals surface area contributed by atoms with Gasteiger partial charge < -0.3 is 10.5 Å². The molecule has 0 aliphatic heterocycles. The van der Waals surface area contributed by atoms with Crippen LogP contribution in [0.1, 0.15) is 19.4 Å². The predicted molar refractivity (Wildman–Crippen MR) is 80.4 cm³/mol. The lowest BCUT2D eigenvalue weighted by Gasteiger charge is -2.08. The van der Waals surface area contributed by atoms with E-state index in [9.17, 15) is 0 Å². The third-order valence-electron chi connectivity index (χ3n) is 3.01. The number of hydrogen-bond acceptors (Lipinski definition) is 2. The molecule has 0 saturated heterocycles. The van der Waals surface area contributed by atoms with Gasteiger partial charge in [0.25, 0.3) is 0 Å². The summed E-state index contributed by atoms with van der Waals surface area (Å²) in [6.07, 6.45) is 0.920. The van der Waals surface area contributed by atoms with Crippen molar-refractivity contribution in [3.05, 3.63) is 54.1 Å². The quantitative estimate of drug-likeness (QED) is 0.885. The summed E-state index contributed by atoms with van der Waals surface area (Å²) in [6.45, 7) is 4.72. The second kappa shape index (κ2) is 6.39. The zero-order valence-electron chi connectivity index (χ0n) is 11.6. The normalized spacial score (nSPS) is 12.2. The van der Waals surface area contributed by atoms with E-state index in [4.69, 9.17) is 10.5 Å². The van der Waals surface area contributed by atoms with Gasteiger partial charge in [0.05, 0.1) is 6.61 Å². The topological polar surface area (TPSA) is 35.2 Å². The lowest BCUT2D eigenvalue weighted by Crippen LogP contribution is -2.17. The van der Waals surface area contributed by atoms with E-state index in [0.29, 0.717) is 6.61 Å². The van der Waals surface area contributed by atoms with Crippen molar-refractivity contribution >= 4 is 0 Å². The maximum atomic E-state index is 5.80. The van der Waals surface area contributed by atoms with E-state index in [1.54, 1.807) is 0 Å². The zero-order chi connectivity index (χ0) is 13.7. The van der Waals surface area contributed by atoms with Crippen LogP contribution in [0.5, 0.6) is 5.75 Å². The Hall–Kier alpha value is -1.80. The highest BCUT2D eigenvalue weighted by Crippen LogP contribution is 2.23. The summed E-state index contributed by atoms with van der Waals surface area (Å²) in [5.41, 5.74) is 9.51. The average Bonchev–Trinajstić information content (AvgIpc) is 2.40. The molecule has 0 aliphatic carbocycles. The van der Waals surface area contributed by atoms with Gasteiger partial charge in [-0.25, -0.2) is 0 Å². The summed E-state index contributed by atoms with van der Waals surface area (Å²) < 4.78 is 5.45. The first-order valence-corrected chi connectivity index (χ1v) is 6.77. The fourth-order valence-corrected chi connectivity index (χ4v) is 2.12. The second-order valence-corrected chi connectivity index (χ2v) is 4.84. The molecule has 100 valence electrons. The van der Waals surface area contributed by atoms with Crippen LogP contribution in [0, 0.1) is 0 Å². The highest BCUT2D eigenvalue weighted by atomic mass is 16.5. The molecule has 1 unspecified atom stereocenters. The van der Waals surface area contributed by atoms with Crippen LogP contribution in [-0.4, -0.2) is 12.6 Å². The fourth-order valence-electron chi connectivity index (χ4n) is 2.12. The SMILES string of the molecule is CCOc1ccc(-c2ccc(CC(C)N)cc2)cc1. The lowest BCUT2D eigenvalue weighted by atomic mass is 10.0. The number of hydrogen-bond donors (Lipinski definition) is 1. The summed E-state index contributed by atoms with van der Waals surface area (Å²) in [5, 5.41) is 0. The van der Waals surface area contributed by atoms with Gasteiger partial charge >= 0.3 is 0 Å². The Morgan fingerprint density at radius 2 is 1.47 bits per heavy atom. The molecule has 0 aromatic heterocycles. The molecule has 0 heterocycles. The summed E-state index contributed by atoms with van der Waals surface area (Å²) >= 11 is 0. The first kappa shape index (κ1) is 13.6. The molecule has 1 atom stereocenters. The Morgan fingerprint density at radius 1 is 0.947 bits per heavy atom. The Balaban J connectivity index is 2.13. The van der Waals surface area contributed by atoms with Crippen molar-refractivity contribution < 1.29 is 4.74 Å². The van der Waals surface area contributed by atoms with Crippen LogP contribution < -0.4 is 10.5 Å². The second-order valence-electron chi connectivity index (χ2n) is 4.84. The van der Waals surface area contributed by atoms with Gasteiger partial charge in [-0.2, -0.15) is 0 Å². The number of benzene rings is 2. The molecule has 2 rings (SSSR count). The maximum Gasteiger partial charge on any atom is 0.119 e. The van der Waals surface area contributed by atoms with Crippen LogP contribution in [0.2, 0.25) is 0 Å². The third kappa shape index (κ3) is 3.83. The molecule has 2 aromatic rings. The van der Waals surface area contributed by atoms with Crippen molar-refractivity contribution in [2.24, 2.45) is 5.73 Å². The molecule has 2 N–H and O–H groups in total. The Kier molecular flexibility index (Phi) is 4.58. The maximum absolute atomic E-state index is 5.80. The molecule has 0 bridgehead atoms. The van der Waals surface area contributed by atoms with Gasteiger partial charge in [-0.05, 0) is 49.1 Å². The Bertz CT molecular complexity index is 500. The van der Waals surface area contributed by atoms with Crippen LogP contribution in [0.15, 0.2) is 48.5 Å². The van der Waals surface area contributed by atoms with Crippen LogP contribution in [0.4, 0.5) is 0 Å². The highest BCUT2D eigenvalue weighted by Gasteiger charge is 2.01. The number of ether oxygens (including phenoxy) is 1. The smallest absolute Gasteiger partial charge is 0.119 e. The molecule has 0 saturated carbocycles. The van der Waals surface area contributed by atoms with E-state index in [1.807, 2.05) is 26.0 Å². The van der Waals surface area contributed by atoms with Crippen molar-refractivity contribution in [3.63, 3.8) is 0 Å². The average molecular weight is 255 g/mol. The third-order valence-corrected chi connectivity index (χ3v) is 3.01. The molecular weight excluding hydrogens is 234 g/mol. The highest BCUT2D eigenvalue weighted by molar-refractivity contribution is 5.64. The van der Waals surface area contributed by atoms with Crippen molar-refractivity contribution in [1.82, 2.24) is 0 Å². The van der Waals surface area contributed by atoms with E-state index in [0.717, 1.165) is 12.2 Å². The molecule has 19 heavy (non-hydrogen) atoms. The van der Waals surface area contributed by atoms with Gasteiger partial charge in [0.2, 0.25) is 0 Å². The van der Waals surface area contributed by atoms with Gasteiger partial charge in [0, 0.05) is 6.04 Å². The standard InChI is InChI=1S/C17H21NO/c1-3-19-17-10-8-16(9-11-17)15-6-4-14(5-7-15)12-13(2)18/h4-11,13H,3,12,18H2,1-2H3.